The van der Waals surface area contributed by atoms with Crippen molar-refractivity contribution in [1.82, 2.24) is 0 Å². The van der Waals surface area contributed by atoms with E-state index in [0.29, 0.717) is 38.2 Å². The summed E-state index contributed by atoms with van der Waals surface area (Å²) in [5, 5.41) is 0. The van der Waals surface area contributed by atoms with E-state index in [-0.39, 0.29) is 12.1 Å². The molecule has 7 heteroatoms. The van der Waals surface area contributed by atoms with E-state index >= 15 is 0 Å². The molecule has 0 radical (unpaired) electrons. The molecule has 1 fully saturated rings. The number of ether oxygens (including phenoxy) is 1. The van der Waals surface area contributed by atoms with Crippen molar-refractivity contribution in [3.05, 3.63) is 35.1 Å². The Hall–Kier alpha value is -1.47. The molecule has 0 aliphatic carbocycles. The molecule has 1 aliphatic heterocycles. The molecule has 116 valence electrons. The van der Waals surface area contributed by atoms with Gasteiger partial charge in [0.05, 0.1) is 11.0 Å². The molecule has 0 unspecified atom stereocenters. The van der Waals surface area contributed by atoms with Crippen molar-refractivity contribution in [2.75, 3.05) is 19.8 Å². The van der Waals surface area contributed by atoms with Gasteiger partial charge in [0, 0.05) is 25.3 Å². The number of benzene rings is 1. The van der Waals surface area contributed by atoms with Crippen LogP contribution >= 0.6 is 0 Å². The fourth-order valence-electron chi connectivity index (χ4n) is 2.48. The highest BCUT2D eigenvalue weighted by Gasteiger charge is 2.40. The zero-order chi connectivity index (χ0) is 15.7. The molecular weight excluding hydrogens is 290 g/mol. The van der Waals surface area contributed by atoms with E-state index in [1.165, 1.54) is 0 Å². The van der Waals surface area contributed by atoms with Gasteiger partial charge in [0.1, 0.15) is 5.82 Å². The van der Waals surface area contributed by atoms with E-state index in [4.69, 9.17) is 10.5 Å². The van der Waals surface area contributed by atoms with Crippen LogP contribution in [0.3, 0.4) is 0 Å². The lowest BCUT2D eigenvalue weighted by Gasteiger charge is -2.34. The SMILES string of the molecule is NCC1(C(=O)c2ccc(C(F)(F)F)c(F)c2)CCOCC1. The average Bonchev–Trinajstić information content (AvgIpc) is 2.45. The van der Waals surface area contributed by atoms with Crippen LogP contribution in [0.4, 0.5) is 17.6 Å². The maximum Gasteiger partial charge on any atom is 0.419 e. The van der Waals surface area contributed by atoms with Gasteiger partial charge in [-0.15, -0.1) is 0 Å². The van der Waals surface area contributed by atoms with Crippen LogP contribution in [0.25, 0.3) is 0 Å². The first-order valence-corrected chi connectivity index (χ1v) is 6.49. The minimum atomic E-state index is -4.78. The molecule has 0 amide bonds. The van der Waals surface area contributed by atoms with Crippen LogP contribution < -0.4 is 5.73 Å². The lowest BCUT2D eigenvalue weighted by molar-refractivity contribution is -0.140. The molecule has 0 saturated carbocycles. The number of nitrogens with two attached hydrogens (primary N) is 1. The van der Waals surface area contributed by atoms with Crippen molar-refractivity contribution in [2.45, 2.75) is 19.0 Å². The van der Waals surface area contributed by atoms with Gasteiger partial charge in [-0.1, -0.05) is 6.07 Å². The molecule has 1 aromatic carbocycles. The molecule has 2 rings (SSSR count). The van der Waals surface area contributed by atoms with Gasteiger partial charge < -0.3 is 10.5 Å². The van der Waals surface area contributed by atoms with Crippen LogP contribution in [0.1, 0.15) is 28.8 Å². The highest BCUT2D eigenvalue weighted by molar-refractivity contribution is 6.00. The summed E-state index contributed by atoms with van der Waals surface area (Å²) in [6.45, 7) is 0.760. The first kappa shape index (κ1) is 15.9. The van der Waals surface area contributed by atoms with Crippen LogP contribution in [-0.4, -0.2) is 25.5 Å². The van der Waals surface area contributed by atoms with Crippen molar-refractivity contribution in [3.8, 4) is 0 Å². The molecule has 0 spiro atoms. The number of alkyl halides is 3. The molecule has 1 saturated heterocycles. The van der Waals surface area contributed by atoms with Gasteiger partial charge in [0.2, 0.25) is 0 Å². The Morgan fingerprint density at radius 3 is 2.38 bits per heavy atom. The van der Waals surface area contributed by atoms with Gasteiger partial charge in [0.15, 0.2) is 5.78 Å². The van der Waals surface area contributed by atoms with Crippen molar-refractivity contribution in [2.24, 2.45) is 11.1 Å². The second-order valence-electron chi connectivity index (χ2n) is 5.12. The number of rotatable bonds is 3. The minimum absolute atomic E-state index is 0.0534. The Bertz CT molecular complexity index is 536. The lowest BCUT2D eigenvalue weighted by Crippen LogP contribution is -2.43. The molecule has 1 aliphatic rings. The van der Waals surface area contributed by atoms with Crippen LogP contribution in [0.2, 0.25) is 0 Å². The molecule has 0 bridgehead atoms. The molecule has 2 N–H and O–H groups in total. The number of carbonyl (C=O) groups excluding carboxylic acids is 1. The van der Waals surface area contributed by atoms with Crippen LogP contribution in [0.15, 0.2) is 18.2 Å². The van der Waals surface area contributed by atoms with E-state index in [9.17, 15) is 22.4 Å². The van der Waals surface area contributed by atoms with Crippen LogP contribution in [0.5, 0.6) is 0 Å². The van der Waals surface area contributed by atoms with E-state index < -0.39 is 28.8 Å². The van der Waals surface area contributed by atoms with E-state index in [1.54, 1.807) is 0 Å². The second-order valence-corrected chi connectivity index (χ2v) is 5.12. The Morgan fingerprint density at radius 2 is 1.90 bits per heavy atom. The van der Waals surface area contributed by atoms with Crippen LogP contribution in [0, 0.1) is 11.2 Å². The lowest BCUT2D eigenvalue weighted by atomic mass is 9.74. The smallest absolute Gasteiger partial charge is 0.381 e. The van der Waals surface area contributed by atoms with Crippen molar-refractivity contribution >= 4 is 5.78 Å². The number of carbonyl (C=O) groups is 1. The molecule has 1 aromatic rings. The summed E-state index contributed by atoms with van der Waals surface area (Å²) in [7, 11) is 0. The molecular formula is C14H15F4NO2. The number of ketones is 1. The summed E-state index contributed by atoms with van der Waals surface area (Å²) in [6.07, 6.45) is -4.02. The van der Waals surface area contributed by atoms with Gasteiger partial charge in [-0.2, -0.15) is 13.2 Å². The second kappa shape index (κ2) is 5.73. The summed E-state index contributed by atoms with van der Waals surface area (Å²) in [4.78, 5) is 12.5. The number of hydrogen-bond acceptors (Lipinski definition) is 3. The third-order valence-corrected chi connectivity index (χ3v) is 3.86. The Morgan fingerprint density at radius 1 is 1.29 bits per heavy atom. The first-order chi connectivity index (χ1) is 9.80. The summed E-state index contributed by atoms with van der Waals surface area (Å²) in [5.41, 5.74) is 3.31. The van der Waals surface area contributed by atoms with E-state index in [0.717, 1.165) is 6.07 Å². The van der Waals surface area contributed by atoms with Gasteiger partial charge in [0.25, 0.3) is 0 Å². The van der Waals surface area contributed by atoms with Gasteiger partial charge in [-0.25, -0.2) is 4.39 Å². The monoisotopic (exact) mass is 305 g/mol. The standard InChI is InChI=1S/C14H15F4NO2/c15-11-7-9(1-2-10(11)14(16,17)18)12(20)13(8-19)3-5-21-6-4-13/h1-2,7H,3-6,8,19H2. The number of Topliss-reactive ketones (excluding diaryl/α,β-unsaturated/α-hetero) is 1. The van der Waals surface area contributed by atoms with Gasteiger partial charge in [-0.05, 0) is 25.0 Å². The maximum absolute atomic E-state index is 13.6. The fraction of sp³-hybridized carbons (Fsp3) is 0.500. The van der Waals surface area contributed by atoms with Crippen LogP contribution in [-0.2, 0) is 10.9 Å². The normalized spacial score (nSPS) is 18.5. The molecule has 21 heavy (non-hydrogen) atoms. The summed E-state index contributed by atoms with van der Waals surface area (Å²) in [5.74, 6) is -1.88. The highest BCUT2D eigenvalue weighted by Crippen LogP contribution is 2.36. The average molecular weight is 305 g/mol. The van der Waals surface area contributed by atoms with E-state index in [1.807, 2.05) is 0 Å². The molecule has 0 atom stereocenters. The predicted octanol–water partition coefficient (Wildman–Crippen LogP) is 2.78. The van der Waals surface area contributed by atoms with Gasteiger partial charge in [-0.3, -0.25) is 4.79 Å². The molecule has 3 nitrogen and oxygen atoms in total. The Balaban J connectivity index is 2.33. The fourth-order valence-corrected chi connectivity index (χ4v) is 2.48. The zero-order valence-corrected chi connectivity index (χ0v) is 11.2. The maximum atomic E-state index is 13.6. The Kier molecular flexibility index (Phi) is 4.34. The topological polar surface area (TPSA) is 52.3 Å². The largest absolute Gasteiger partial charge is 0.419 e. The first-order valence-electron chi connectivity index (χ1n) is 6.49. The predicted molar refractivity (Wildman–Crippen MR) is 67.3 cm³/mol. The van der Waals surface area contributed by atoms with E-state index in [2.05, 4.69) is 0 Å². The third kappa shape index (κ3) is 3.08. The highest BCUT2D eigenvalue weighted by atomic mass is 19.4. The molecule has 0 aromatic heterocycles. The van der Waals surface area contributed by atoms with Crippen molar-refractivity contribution in [1.29, 1.82) is 0 Å². The zero-order valence-electron chi connectivity index (χ0n) is 11.2. The number of halogens is 4. The minimum Gasteiger partial charge on any atom is -0.381 e. The Labute approximate surface area is 119 Å². The summed E-state index contributed by atoms with van der Waals surface area (Å²) in [6, 6.07) is 2.23. The summed E-state index contributed by atoms with van der Waals surface area (Å²) < 4.78 is 56.3. The molecule has 1 heterocycles. The quantitative estimate of drug-likeness (QED) is 0.690. The summed E-state index contributed by atoms with van der Waals surface area (Å²) >= 11 is 0. The third-order valence-electron chi connectivity index (χ3n) is 3.86. The van der Waals surface area contributed by atoms with Crippen molar-refractivity contribution in [3.63, 3.8) is 0 Å². The van der Waals surface area contributed by atoms with Crippen molar-refractivity contribution < 1.29 is 27.1 Å². The number of hydrogen-bond donors (Lipinski definition) is 1. The van der Waals surface area contributed by atoms with Gasteiger partial charge >= 0.3 is 6.18 Å².